The van der Waals surface area contributed by atoms with Crippen LogP contribution in [0.3, 0.4) is 0 Å². The zero-order valence-corrected chi connectivity index (χ0v) is 11.6. The SMILES string of the molecule is CCC(C)(C)CCOC(=O)OC(C)(C)CC. The second kappa shape index (κ2) is 6.12. The van der Waals surface area contributed by atoms with Crippen molar-refractivity contribution >= 4 is 6.16 Å². The van der Waals surface area contributed by atoms with Crippen LogP contribution in [0, 0.1) is 5.41 Å². The van der Waals surface area contributed by atoms with Crippen LogP contribution in [0.5, 0.6) is 0 Å². The second-order valence-electron chi connectivity index (χ2n) is 5.58. The van der Waals surface area contributed by atoms with E-state index in [4.69, 9.17) is 9.47 Å². The van der Waals surface area contributed by atoms with Crippen LogP contribution in [0.1, 0.15) is 60.8 Å². The third-order valence-corrected chi connectivity index (χ3v) is 3.17. The fourth-order valence-electron chi connectivity index (χ4n) is 0.915. The van der Waals surface area contributed by atoms with Gasteiger partial charge in [0.1, 0.15) is 5.60 Å². The van der Waals surface area contributed by atoms with Crippen LogP contribution >= 0.6 is 0 Å². The highest BCUT2D eigenvalue weighted by atomic mass is 16.7. The Balaban J connectivity index is 3.83. The Kier molecular flexibility index (Phi) is 5.84. The Hall–Kier alpha value is -0.730. The summed E-state index contributed by atoms with van der Waals surface area (Å²) in [5.74, 6) is 0. The number of hydrogen-bond donors (Lipinski definition) is 0. The molecule has 16 heavy (non-hydrogen) atoms. The summed E-state index contributed by atoms with van der Waals surface area (Å²) >= 11 is 0. The van der Waals surface area contributed by atoms with Gasteiger partial charge in [-0.3, -0.25) is 0 Å². The first-order valence-electron chi connectivity index (χ1n) is 6.08. The van der Waals surface area contributed by atoms with Crippen LogP contribution in [0.25, 0.3) is 0 Å². The molecule has 0 unspecified atom stereocenters. The number of ether oxygens (including phenoxy) is 2. The van der Waals surface area contributed by atoms with Gasteiger partial charge in [-0.25, -0.2) is 4.79 Å². The number of carbonyl (C=O) groups excluding carboxylic acids is 1. The van der Waals surface area contributed by atoms with E-state index in [-0.39, 0.29) is 5.41 Å². The molecule has 0 fully saturated rings. The highest BCUT2D eigenvalue weighted by Crippen LogP contribution is 2.24. The Morgan fingerprint density at radius 2 is 1.62 bits per heavy atom. The van der Waals surface area contributed by atoms with Crippen LogP contribution < -0.4 is 0 Å². The van der Waals surface area contributed by atoms with E-state index >= 15 is 0 Å². The van der Waals surface area contributed by atoms with Gasteiger partial charge in [-0.1, -0.05) is 34.1 Å². The van der Waals surface area contributed by atoms with Crippen molar-refractivity contribution in [3.63, 3.8) is 0 Å². The van der Waals surface area contributed by atoms with Gasteiger partial charge in [-0.15, -0.1) is 0 Å². The van der Waals surface area contributed by atoms with Gasteiger partial charge in [0, 0.05) is 0 Å². The fourth-order valence-corrected chi connectivity index (χ4v) is 0.915. The molecule has 3 nitrogen and oxygen atoms in total. The molecule has 0 aliphatic heterocycles. The summed E-state index contributed by atoms with van der Waals surface area (Å²) in [7, 11) is 0. The van der Waals surface area contributed by atoms with Crippen molar-refractivity contribution in [1.29, 1.82) is 0 Å². The van der Waals surface area contributed by atoms with Gasteiger partial charge in [0.25, 0.3) is 0 Å². The fraction of sp³-hybridized carbons (Fsp3) is 0.923. The highest BCUT2D eigenvalue weighted by Gasteiger charge is 2.22. The molecule has 0 bridgehead atoms. The van der Waals surface area contributed by atoms with Crippen molar-refractivity contribution in [3.05, 3.63) is 0 Å². The molecule has 0 amide bonds. The van der Waals surface area contributed by atoms with Crippen molar-refractivity contribution in [2.75, 3.05) is 6.61 Å². The summed E-state index contributed by atoms with van der Waals surface area (Å²) < 4.78 is 10.2. The molecule has 0 aliphatic carbocycles. The van der Waals surface area contributed by atoms with Gasteiger partial charge in [0.2, 0.25) is 0 Å². The first-order chi connectivity index (χ1) is 7.22. The van der Waals surface area contributed by atoms with Crippen molar-refractivity contribution < 1.29 is 14.3 Å². The standard InChI is InChI=1S/C13H26O3/c1-7-12(3,4)9-10-15-11(14)16-13(5,6)8-2/h7-10H2,1-6H3. The second-order valence-corrected chi connectivity index (χ2v) is 5.58. The Morgan fingerprint density at radius 1 is 1.06 bits per heavy atom. The summed E-state index contributed by atoms with van der Waals surface area (Å²) in [4.78, 5) is 11.3. The molecule has 0 radical (unpaired) electrons. The molecule has 0 aromatic rings. The largest absolute Gasteiger partial charge is 0.508 e. The van der Waals surface area contributed by atoms with Crippen LogP contribution in [-0.2, 0) is 9.47 Å². The zero-order valence-electron chi connectivity index (χ0n) is 11.6. The maximum atomic E-state index is 11.3. The van der Waals surface area contributed by atoms with E-state index in [2.05, 4.69) is 20.8 Å². The molecule has 0 rings (SSSR count). The molecule has 0 saturated heterocycles. The number of carbonyl (C=O) groups is 1. The summed E-state index contributed by atoms with van der Waals surface area (Å²) in [6.07, 6.45) is 2.17. The lowest BCUT2D eigenvalue weighted by Gasteiger charge is -2.24. The molecule has 0 heterocycles. The summed E-state index contributed by atoms with van der Waals surface area (Å²) in [5.41, 5.74) is -0.210. The molecular formula is C13H26O3. The van der Waals surface area contributed by atoms with E-state index in [0.29, 0.717) is 6.61 Å². The topological polar surface area (TPSA) is 35.5 Å². The van der Waals surface area contributed by atoms with Gasteiger partial charge in [-0.2, -0.15) is 0 Å². The van der Waals surface area contributed by atoms with Crippen molar-refractivity contribution in [3.8, 4) is 0 Å². The average Bonchev–Trinajstić information content (AvgIpc) is 2.17. The normalized spacial score (nSPS) is 12.4. The van der Waals surface area contributed by atoms with E-state index in [1.165, 1.54) is 0 Å². The third kappa shape index (κ3) is 6.70. The predicted octanol–water partition coefficient (Wildman–Crippen LogP) is 4.15. The Bertz CT molecular complexity index is 219. The Labute approximate surface area is 99.5 Å². The Morgan fingerprint density at radius 3 is 2.06 bits per heavy atom. The molecule has 0 atom stereocenters. The van der Waals surface area contributed by atoms with E-state index in [9.17, 15) is 4.79 Å². The first kappa shape index (κ1) is 15.3. The van der Waals surface area contributed by atoms with Crippen LogP contribution in [0.2, 0.25) is 0 Å². The lowest BCUT2D eigenvalue weighted by atomic mass is 9.87. The van der Waals surface area contributed by atoms with Crippen LogP contribution in [0.15, 0.2) is 0 Å². The third-order valence-electron chi connectivity index (χ3n) is 3.17. The van der Waals surface area contributed by atoms with E-state index < -0.39 is 11.8 Å². The molecular weight excluding hydrogens is 204 g/mol. The minimum atomic E-state index is -0.557. The minimum absolute atomic E-state index is 0.223. The monoisotopic (exact) mass is 230 g/mol. The van der Waals surface area contributed by atoms with Crippen molar-refractivity contribution in [2.45, 2.75) is 66.4 Å². The van der Waals surface area contributed by atoms with Crippen LogP contribution in [0.4, 0.5) is 4.79 Å². The molecule has 0 aromatic carbocycles. The van der Waals surface area contributed by atoms with Gasteiger partial charge in [0.15, 0.2) is 0 Å². The van der Waals surface area contributed by atoms with Gasteiger partial charge in [0.05, 0.1) is 6.61 Å². The smallest absolute Gasteiger partial charge is 0.434 e. The van der Waals surface area contributed by atoms with Gasteiger partial charge >= 0.3 is 6.16 Å². The number of hydrogen-bond acceptors (Lipinski definition) is 3. The maximum Gasteiger partial charge on any atom is 0.508 e. The summed E-state index contributed by atoms with van der Waals surface area (Å²) in [5, 5.41) is 0. The average molecular weight is 230 g/mol. The highest BCUT2D eigenvalue weighted by molar-refractivity contribution is 5.60. The minimum Gasteiger partial charge on any atom is -0.434 e. The van der Waals surface area contributed by atoms with Crippen molar-refractivity contribution in [2.24, 2.45) is 5.41 Å². The quantitative estimate of drug-likeness (QED) is 0.643. The molecule has 0 spiro atoms. The first-order valence-corrected chi connectivity index (χ1v) is 6.08. The lowest BCUT2D eigenvalue weighted by molar-refractivity contribution is -0.0213. The maximum absolute atomic E-state index is 11.3. The van der Waals surface area contributed by atoms with E-state index in [0.717, 1.165) is 19.3 Å². The van der Waals surface area contributed by atoms with Gasteiger partial charge < -0.3 is 9.47 Å². The molecule has 3 heteroatoms. The zero-order chi connectivity index (χ0) is 12.8. The lowest BCUT2D eigenvalue weighted by Crippen LogP contribution is -2.28. The number of rotatable bonds is 6. The molecule has 0 N–H and O–H groups in total. The molecule has 0 saturated carbocycles. The van der Waals surface area contributed by atoms with Crippen molar-refractivity contribution in [1.82, 2.24) is 0 Å². The molecule has 96 valence electrons. The van der Waals surface area contributed by atoms with E-state index in [1.54, 1.807) is 0 Å². The summed E-state index contributed by atoms with van der Waals surface area (Å²) in [6.45, 7) is 12.6. The molecule has 0 aliphatic rings. The summed E-state index contributed by atoms with van der Waals surface area (Å²) in [6, 6.07) is 0. The van der Waals surface area contributed by atoms with Gasteiger partial charge in [-0.05, 0) is 32.1 Å². The molecule has 0 aromatic heterocycles. The van der Waals surface area contributed by atoms with Crippen LogP contribution in [-0.4, -0.2) is 18.4 Å². The van der Waals surface area contributed by atoms with E-state index in [1.807, 2.05) is 20.8 Å². The predicted molar refractivity (Wildman–Crippen MR) is 65.5 cm³/mol.